The van der Waals surface area contributed by atoms with E-state index in [0.717, 1.165) is 0 Å². The van der Waals surface area contributed by atoms with E-state index in [-0.39, 0.29) is 40.6 Å². The molecule has 3 aromatic rings. The number of rotatable bonds is 10. The Balaban J connectivity index is 1.76. The van der Waals surface area contributed by atoms with Crippen LogP contribution in [0.4, 0.5) is 0 Å². The molecular formula is C22H25N3O8S. The fourth-order valence-electron chi connectivity index (χ4n) is 3.00. The van der Waals surface area contributed by atoms with Gasteiger partial charge in [-0.25, -0.2) is 17.9 Å². The number of esters is 1. The zero-order valence-corrected chi connectivity index (χ0v) is 20.1. The average Bonchev–Trinajstić information content (AvgIpc) is 3.29. The first-order chi connectivity index (χ1) is 16.2. The first kappa shape index (κ1) is 25.0. The van der Waals surface area contributed by atoms with E-state index in [1.165, 1.54) is 39.5 Å². The molecule has 11 nitrogen and oxygen atoms in total. The lowest BCUT2D eigenvalue weighted by molar-refractivity contribution is 0.0429. The molecule has 0 unspecified atom stereocenters. The number of aromatic nitrogens is 2. The second-order valence-electron chi connectivity index (χ2n) is 7.30. The summed E-state index contributed by atoms with van der Waals surface area (Å²) in [6.45, 7) is 3.05. The highest BCUT2D eigenvalue weighted by Crippen LogP contribution is 2.31. The summed E-state index contributed by atoms with van der Waals surface area (Å²) in [5.74, 6) is 0.686. The van der Waals surface area contributed by atoms with Crippen LogP contribution in [0.25, 0.3) is 11.4 Å². The highest BCUT2D eigenvalue weighted by Gasteiger charge is 2.23. The maximum absolute atomic E-state index is 12.6. The van der Waals surface area contributed by atoms with Gasteiger partial charge in [0.25, 0.3) is 5.89 Å². The Bertz CT molecular complexity index is 1270. The molecule has 0 bridgehead atoms. The van der Waals surface area contributed by atoms with Crippen molar-refractivity contribution in [1.29, 1.82) is 0 Å². The van der Waals surface area contributed by atoms with Gasteiger partial charge in [-0.15, -0.1) is 0 Å². The van der Waals surface area contributed by atoms with E-state index in [4.69, 9.17) is 23.5 Å². The Morgan fingerprint density at radius 1 is 1.03 bits per heavy atom. The molecule has 2 aromatic carbocycles. The summed E-state index contributed by atoms with van der Waals surface area (Å²) in [7, 11) is 0.471. The third-order valence-electron chi connectivity index (χ3n) is 4.52. The molecule has 0 aliphatic carbocycles. The van der Waals surface area contributed by atoms with Gasteiger partial charge < -0.3 is 23.5 Å². The van der Waals surface area contributed by atoms with Crippen molar-refractivity contribution >= 4 is 16.0 Å². The van der Waals surface area contributed by atoms with E-state index < -0.39 is 16.0 Å². The summed E-state index contributed by atoms with van der Waals surface area (Å²) in [6.07, 6.45) is 0. The van der Waals surface area contributed by atoms with Gasteiger partial charge in [0.2, 0.25) is 15.8 Å². The summed E-state index contributed by atoms with van der Waals surface area (Å²) >= 11 is 0. The molecule has 1 N–H and O–H groups in total. The Morgan fingerprint density at radius 2 is 1.76 bits per heavy atom. The van der Waals surface area contributed by atoms with E-state index >= 15 is 0 Å². The largest absolute Gasteiger partial charge is 0.497 e. The minimum atomic E-state index is -3.91. The third kappa shape index (κ3) is 5.64. The summed E-state index contributed by atoms with van der Waals surface area (Å²) in [4.78, 5) is 16.6. The molecule has 12 heteroatoms. The number of carbonyl (C=O) groups excluding carboxylic acids is 1. The summed E-state index contributed by atoms with van der Waals surface area (Å²) in [6, 6.07) is 8.73. The number of hydrogen-bond acceptors (Lipinski definition) is 10. The van der Waals surface area contributed by atoms with Crippen LogP contribution in [0, 0.1) is 0 Å². The maximum atomic E-state index is 12.6. The zero-order chi connectivity index (χ0) is 24.9. The second-order valence-corrected chi connectivity index (χ2v) is 8.98. The highest BCUT2D eigenvalue weighted by atomic mass is 32.2. The molecule has 34 heavy (non-hydrogen) atoms. The molecule has 0 amide bonds. The Labute approximate surface area is 197 Å². The number of nitrogens with one attached hydrogen (secondary N) is 1. The van der Waals surface area contributed by atoms with Crippen molar-refractivity contribution in [3.8, 4) is 28.6 Å². The van der Waals surface area contributed by atoms with E-state index in [2.05, 4.69) is 14.9 Å². The molecule has 182 valence electrons. The van der Waals surface area contributed by atoms with Crippen LogP contribution >= 0.6 is 0 Å². The Morgan fingerprint density at radius 3 is 2.41 bits per heavy atom. The van der Waals surface area contributed by atoms with Crippen LogP contribution in [0.5, 0.6) is 17.2 Å². The van der Waals surface area contributed by atoms with Crippen molar-refractivity contribution < 1.29 is 36.7 Å². The molecule has 1 heterocycles. The summed E-state index contributed by atoms with van der Waals surface area (Å²) in [5, 5.41) is 3.90. The quantitative estimate of drug-likeness (QED) is 0.421. The van der Waals surface area contributed by atoms with Crippen LogP contribution in [0.3, 0.4) is 0 Å². The lowest BCUT2D eigenvalue weighted by Crippen LogP contribution is -2.30. The molecule has 0 aliphatic rings. The maximum Gasteiger partial charge on any atom is 0.338 e. The third-order valence-corrected chi connectivity index (χ3v) is 6.20. The van der Waals surface area contributed by atoms with E-state index in [1.807, 2.05) is 0 Å². The van der Waals surface area contributed by atoms with Crippen LogP contribution in [-0.4, -0.2) is 51.9 Å². The molecule has 3 rings (SSSR count). The molecule has 0 atom stereocenters. The standard InChI is InChI=1S/C22H25N3O8S/c1-13(2)25-34(27,28)19-10-14(6-9-17(19)30-4)22(26)32-12-20-23-21(24-33-20)16-8-7-15(29-3)11-18(16)31-5/h6-11,13,25H,12H2,1-5H3. The normalized spacial score (nSPS) is 11.4. The van der Waals surface area contributed by atoms with Crippen LogP contribution < -0.4 is 18.9 Å². The van der Waals surface area contributed by atoms with E-state index in [0.29, 0.717) is 17.1 Å². The molecule has 0 spiro atoms. The smallest absolute Gasteiger partial charge is 0.338 e. The fraction of sp³-hybridized carbons (Fsp3) is 0.318. The average molecular weight is 492 g/mol. The number of methoxy groups -OCH3 is 3. The number of sulfonamides is 1. The first-order valence-corrected chi connectivity index (χ1v) is 11.6. The van der Waals surface area contributed by atoms with Gasteiger partial charge in [0.05, 0.1) is 32.5 Å². The van der Waals surface area contributed by atoms with Crippen molar-refractivity contribution in [1.82, 2.24) is 14.9 Å². The molecule has 0 saturated heterocycles. The van der Waals surface area contributed by atoms with Gasteiger partial charge >= 0.3 is 5.97 Å². The molecule has 1 aromatic heterocycles. The zero-order valence-electron chi connectivity index (χ0n) is 19.3. The van der Waals surface area contributed by atoms with Gasteiger partial charge in [0, 0.05) is 12.1 Å². The van der Waals surface area contributed by atoms with Crippen molar-refractivity contribution in [3.63, 3.8) is 0 Å². The fourth-order valence-corrected chi connectivity index (χ4v) is 4.45. The van der Waals surface area contributed by atoms with Gasteiger partial charge in [0.15, 0.2) is 6.61 Å². The lowest BCUT2D eigenvalue weighted by atomic mass is 10.2. The monoisotopic (exact) mass is 491 g/mol. The molecule has 0 aliphatic heterocycles. The van der Waals surface area contributed by atoms with Crippen molar-refractivity contribution in [2.24, 2.45) is 0 Å². The minimum Gasteiger partial charge on any atom is -0.497 e. The van der Waals surface area contributed by atoms with Gasteiger partial charge in [-0.05, 0) is 44.2 Å². The topological polar surface area (TPSA) is 139 Å². The Hall–Kier alpha value is -3.64. The number of nitrogens with zero attached hydrogens (tertiary/aromatic N) is 2. The van der Waals surface area contributed by atoms with Crippen molar-refractivity contribution in [2.75, 3.05) is 21.3 Å². The van der Waals surface area contributed by atoms with Crippen LogP contribution in [0.2, 0.25) is 0 Å². The SMILES string of the molecule is COc1ccc(-c2noc(COC(=O)c3ccc(OC)c(S(=O)(=O)NC(C)C)c3)n2)c(OC)c1. The van der Waals surface area contributed by atoms with E-state index in [1.54, 1.807) is 32.0 Å². The predicted molar refractivity (Wildman–Crippen MR) is 120 cm³/mol. The molecule has 0 radical (unpaired) electrons. The van der Waals surface area contributed by atoms with Crippen molar-refractivity contribution in [3.05, 3.63) is 47.9 Å². The molecule has 0 saturated carbocycles. The Kier molecular flexibility index (Phi) is 7.74. The van der Waals surface area contributed by atoms with Gasteiger partial charge in [-0.1, -0.05) is 5.16 Å². The predicted octanol–water partition coefficient (Wildman–Crippen LogP) is 2.81. The van der Waals surface area contributed by atoms with Crippen LogP contribution in [-0.2, 0) is 21.4 Å². The molecular weight excluding hydrogens is 466 g/mol. The second kappa shape index (κ2) is 10.5. The summed E-state index contributed by atoms with van der Waals surface area (Å²) in [5.41, 5.74) is 0.578. The highest BCUT2D eigenvalue weighted by molar-refractivity contribution is 7.89. The minimum absolute atomic E-state index is 0.0153. The lowest BCUT2D eigenvalue weighted by Gasteiger charge is -2.13. The van der Waals surface area contributed by atoms with E-state index in [9.17, 15) is 13.2 Å². The van der Waals surface area contributed by atoms with Crippen LogP contribution in [0.1, 0.15) is 30.1 Å². The van der Waals surface area contributed by atoms with Crippen LogP contribution in [0.15, 0.2) is 45.8 Å². The summed E-state index contributed by atoms with van der Waals surface area (Å²) < 4.78 is 53.7. The number of hydrogen-bond donors (Lipinski definition) is 1. The number of ether oxygens (including phenoxy) is 4. The van der Waals surface area contributed by atoms with Gasteiger partial charge in [-0.2, -0.15) is 4.98 Å². The molecule has 0 fully saturated rings. The number of benzene rings is 2. The van der Waals surface area contributed by atoms with Crippen molar-refractivity contribution in [2.45, 2.75) is 31.4 Å². The van der Waals surface area contributed by atoms with Gasteiger partial charge in [0.1, 0.15) is 22.1 Å². The first-order valence-electron chi connectivity index (χ1n) is 10.1. The van der Waals surface area contributed by atoms with Gasteiger partial charge in [-0.3, -0.25) is 0 Å². The number of carbonyl (C=O) groups is 1.